The van der Waals surface area contributed by atoms with Gasteiger partial charge in [-0.05, 0) is 56.5 Å². The molecule has 0 aliphatic carbocycles. The summed E-state index contributed by atoms with van der Waals surface area (Å²) in [5, 5.41) is 18.5. The van der Waals surface area contributed by atoms with Crippen molar-refractivity contribution in [2.75, 3.05) is 32.7 Å². The molecule has 1 aromatic heterocycles. The molecule has 2 aromatic rings. The quantitative estimate of drug-likeness (QED) is 0.654. The number of rotatable bonds is 3. The first kappa shape index (κ1) is 16.2. The molecule has 7 nitrogen and oxygen atoms in total. The number of piperidine rings is 3. The molecule has 0 unspecified atom stereocenters. The van der Waals surface area contributed by atoms with Crippen LogP contribution in [0, 0.1) is 5.92 Å². The second-order valence-corrected chi connectivity index (χ2v) is 8.03. The second kappa shape index (κ2) is 6.04. The van der Waals surface area contributed by atoms with E-state index in [0.717, 1.165) is 36.1 Å². The van der Waals surface area contributed by atoms with Gasteiger partial charge >= 0.3 is 0 Å². The molecule has 4 saturated heterocycles. The third-order valence-electron chi connectivity index (χ3n) is 6.41. The zero-order valence-corrected chi connectivity index (χ0v) is 15.1. The van der Waals surface area contributed by atoms with Crippen LogP contribution < -0.4 is 16.0 Å². The Morgan fingerprint density at radius 1 is 1.27 bits per heavy atom. The first-order chi connectivity index (χ1) is 12.6. The summed E-state index contributed by atoms with van der Waals surface area (Å²) < 4.78 is 0. The number of hydrogen-bond acceptors (Lipinski definition) is 5. The molecule has 5 heterocycles. The first-order valence-electron chi connectivity index (χ1n) is 9.64. The topological polar surface area (TPSA) is 85.1 Å². The Labute approximate surface area is 152 Å². The van der Waals surface area contributed by atoms with Crippen molar-refractivity contribution in [3.8, 4) is 0 Å². The van der Waals surface area contributed by atoms with Gasteiger partial charge in [0, 0.05) is 31.1 Å². The molecule has 1 amide bonds. The van der Waals surface area contributed by atoms with Gasteiger partial charge in [0.1, 0.15) is 0 Å². The fourth-order valence-electron chi connectivity index (χ4n) is 4.76. The molecule has 26 heavy (non-hydrogen) atoms. The van der Waals surface area contributed by atoms with E-state index in [1.165, 1.54) is 25.9 Å². The molecule has 4 aliphatic rings. The Kier molecular flexibility index (Phi) is 3.77. The molecule has 1 atom stereocenters. The molecule has 4 aliphatic heterocycles. The average molecular weight is 354 g/mol. The van der Waals surface area contributed by atoms with Crippen molar-refractivity contribution in [1.29, 1.82) is 0 Å². The van der Waals surface area contributed by atoms with E-state index in [1.807, 2.05) is 6.07 Å². The fraction of sp³-hybridized carbons (Fsp3) is 0.579. The van der Waals surface area contributed by atoms with E-state index in [9.17, 15) is 4.79 Å². The van der Waals surface area contributed by atoms with Crippen LogP contribution in [0.3, 0.4) is 0 Å². The van der Waals surface area contributed by atoms with Gasteiger partial charge in [-0.15, -0.1) is 0 Å². The molecule has 1 aromatic carbocycles. The van der Waals surface area contributed by atoms with E-state index >= 15 is 0 Å². The molecule has 4 N–H and O–H groups in total. The van der Waals surface area contributed by atoms with Gasteiger partial charge in [0.15, 0.2) is 5.69 Å². The molecule has 2 bridgehead atoms. The summed E-state index contributed by atoms with van der Waals surface area (Å²) in [7, 11) is 0. The third kappa shape index (κ3) is 2.62. The summed E-state index contributed by atoms with van der Waals surface area (Å²) >= 11 is 0. The van der Waals surface area contributed by atoms with Crippen LogP contribution in [0.15, 0.2) is 18.2 Å². The number of fused-ring (bicyclic) bond motifs is 4. The van der Waals surface area contributed by atoms with Gasteiger partial charge in [-0.1, -0.05) is 6.07 Å². The lowest BCUT2D eigenvalue weighted by molar-refractivity contribution is 0.0618. The molecule has 0 radical (unpaired) electrons. The van der Waals surface area contributed by atoms with Gasteiger partial charge < -0.3 is 10.2 Å². The van der Waals surface area contributed by atoms with Gasteiger partial charge in [-0.3, -0.25) is 20.5 Å². The third-order valence-corrected chi connectivity index (χ3v) is 6.41. The smallest absolute Gasteiger partial charge is 0.272 e. The predicted molar refractivity (Wildman–Crippen MR) is 99.9 cm³/mol. The monoisotopic (exact) mass is 354 g/mol. The summed E-state index contributed by atoms with van der Waals surface area (Å²) in [5.41, 5.74) is 2.33. The highest BCUT2D eigenvalue weighted by atomic mass is 16.2. The maximum Gasteiger partial charge on any atom is 0.272 e. The zero-order chi connectivity index (χ0) is 17.7. The van der Waals surface area contributed by atoms with E-state index in [2.05, 4.69) is 50.1 Å². The van der Waals surface area contributed by atoms with Gasteiger partial charge in [0.05, 0.1) is 11.2 Å². The number of H-pyrrole nitrogens is 1. The van der Waals surface area contributed by atoms with Crippen molar-refractivity contribution in [1.82, 2.24) is 31.0 Å². The van der Waals surface area contributed by atoms with E-state index in [4.69, 9.17) is 0 Å². The standard InChI is InChI=1S/C19H26N6O/c1-19(20-6-7-21-19)13-2-3-14-15(10-13)23-24-17(14)18(26)22-16-11-25-8-4-12(16)5-9-25/h2-3,10,12,16,20-21H,4-9,11H2,1H3,(H,22,26)(H,23,24)/t16-/m1/s1. The highest BCUT2D eigenvalue weighted by Crippen LogP contribution is 2.28. The number of nitrogens with one attached hydrogen (secondary N) is 4. The van der Waals surface area contributed by atoms with Crippen LogP contribution >= 0.6 is 0 Å². The number of hydrogen-bond donors (Lipinski definition) is 4. The van der Waals surface area contributed by atoms with Crippen molar-refractivity contribution >= 4 is 16.8 Å². The Morgan fingerprint density at radius 3 is 2.73 bits per heavy atom. The van der Waals surface area contributed by atoms with Crippen molar-refractivity contribution in [3.63, 3.8) is 0 Å². The maximum absolute atomic E-state index is 12.8. The summed E-state index contributed by atoms with van der Waals surface area (Å²) in [6.07, 6.45) is 2.38. The number of aromatic amines is 1. The lowest BCUT2D eigenvalue weighted by atomic mass is 9.84. The summed E-state index contributed by atoms with van der Waals surface area (Å²) in [6, 6.07) is 6.42. The number of amides is 1. The first-order valence-corrected chi connectivity index (χ1v) is 9.64. The lowest BCUT2D eigenvalue weighted by Gasteiger charge is -2.44. The highest BCUT2D eigenvalue weighted by Gasteiger charge is 2.35. The zero-order valence-electron chi connectivity index (χ0n) is 15.1. The number of nitrogens with zero attached hydrogens (tertiary/aromatic N) is 2. The Morgan fingerprint density at radius 2 is 2.04 bits per heavy atom. The normalized spacial score (nSPS) is 30.0. The van der Waals surface area contributed by atoms with E-state index in [0.29, 0.717) is 11.6 Å². The van der Waals surface area contributed by atoms with Crippen LogP contribution in [-0.2, 0) is 5.66 Å². The minimum atomic E-state index is -0.225. The van der Waals surface area contributed by atoms with Gasteiger partial charge in [0.25, 0.3) is 5.91 Å². The molecule has 4 fully saturated rings. The highest BCUT2D eigenvalue weighted by molar-refractivity contribution is 6.04. The minimum absolute atomic E-state index is 0.0638. The van der Waals surface area contributed by atoms with Crippen molar-refractivity contribution in [3.05, 3.63) is 29.5 Å². The van der Waals surface area contributed by atoms with E-state index < -0.39 is 0 Å². The molecule has 6 rings (SSSR count). The van der Waals surface area contributed by atoms with Crippen LogP contribution in [0.5, 0.6) is 0 Å². The van der Waals surface area contributed by atoms with Crippen molar-refractivity contribution < 1.29 is 4.79 Å². The summed E-state index contributed by atoms with van der Waals surface area (Å²) in [6.45, 7) is 7.35. The molecule has 138 valence electrons. The Hall–Kier alpha value is -1.96. The van der Waals surface area contributed by atoms with Gasteiger partial charge in [-0.25, -0.2) is 0 Å². The molecule has 0 saturated carbocycles. The molecule has 0 spiro atoms. The molecular weight excluding hydrogens is 328 g/mol. The van der Waals surface area contributed by atoms with Crippen LogP contribution in [-0.4, -0.2) is 59.8 Å². The molecular formula is C19H26N6O. The van der Waals surface area contributed by atoms with Gasteiger partial charge in [0.2, 0.25) is 0 Å². The molecule has 7 heteroatoms. The fourth-order valence-corrected chi connectivity index (χ4v) is 4.76. The number of aromatic nitrogens is 2. The minimum Gasteiger partial charge on any atom is -0.346 e. The van der Waals surface area contributed by atoms with Crippen LogP contribution in [0.4, 0.5) is 0 Å². The SMILES string of the molecule is CC1(c2ccc3c(C(=O)N[C@@H]4CN5CCC4CC5)n[nH]c3c2)NCCN1. The predicted octanol–water partition coefficient (Wildman–Crippen LogP) is 0.752. The Bertz CT molecular complexity index is 832. The lowest BCUT2D eigenvalue weighted by Crippen LogP contribution is -2.57. The number of carbonyl (C=O) groups is 1. The average Bonchev–Trinajstić information content (AvgIpc) is 3.29. The second-order valence-electron chi connectivity index (χ2n) is 8.03. The summed E-state index contributed by atoms with van der Waals surface area (Å²) in [5.74, 6) is 0.548. The van der Waals surface area contributed by atoms with Crippen molar-refractivity contribution in [2.24, 2.45) is 5.92 Å². The van der Waals surface area contributed by atoms with Crippen LogP contribution in [0.1, 0.15) is 35.8 Å². The number of carbonyl (C=O) groups excluding carboxylic acids is 1. The maximum atomic E-state index is 12.8. The largest absolute Gasteiger partial charge is 0.346 e. The van der Waals surface area contributed by atoms with E-state index in [-0.39, 0.29) is 17.6 Å². The number of benzene rings is 1. The van der Waals surface area contributed by atoms with E-state index in [1.54, 1.807) is 0 Å². The van der Waals surface area contributed by atoms with Crippen LogP contribution in [0.25, 0.3) is 10.9 Å². The van der Waals surface area contributed by atoms with Gasteiger partial charge in [-0.2, -0.15) is 5.10 Å². The summed E-state index contributed by atoms with van der Waals surface area (Å²) in [4.78, 5) is 15.3. The van der Waals surface area contributed by atoms with Crippen LogP contribution in [0.2, 0.25) is 0 Å². The Balaban J connectivity index is 1.38. The van der Waals surface area contributed by atoms with Crippen molar-refractivity contribution in [2.45, 2.75) is 31.5 Å².